The number of fused-ring (bicyclic) bond motifs is 2. The molecule has 0 saturated heterocycles. The Morgan fingerprint density at radius 3 is 2.57 bits per heavy atom. The molecule has 0 unspecified atom stereocenters. The summed E-state index contributed by atoms with van der Waals surface area (Å²) in [6, 6.07) is 26.8. The van der Waals surface area contributed by atoms with E-state index in [9.17, 15) is 14.0 Å². The van der Waals surface area contributed by atoms with Gasteiger partial charge in [-0.2, -0.15) is 5.10 Å². The molecule has 44 heavy (non-hydrogen) atoms. The molecule has 1 atom stereocenters. The zero-order valence-electron chi connectivity index (χ0n) is 23.4. The van der Waals surface area contributed by atoms with E-state index in [0.717, 1.165) is 16.7 Å². The number of hydrogen-bond donors (Lipinski definition) is 1. The number of rotatable bonds is 7. The van der Waals surface area contributed by atoms with E-state index < -0.39 is 5.82 Å². The molecule has 3 aromatic carbocycles. The maximum absolute atomic E-state index is 14.0. The Balaban J connectivity index is 1.38. The molecular weight excluding hydrogens is 581 g/mol. The van der Waals surface area contributed by atoms with Crippen LogP contribution in [0.15, 0.2) is 97.2 Å². The van der Waals surface area contributed by atoms with Crippen LogP contribution in [0.25, 0.3) is 16.9 Å². The number of nitrogens with zero attached hydrogens (tertiary/aromatic N) is 4. The van der Waals surface area contributed by atoms with Gasteiger partial charge in [0, 0.05) is 17.3 Å². The zero-order chi connectivity index (χ0) is 30.0. The molecule has 2 aliphatic rings. The molecule has 0 fully saturated rings. The van der Waals surface area contributed by atoms with Gasteiger partial charge in [-0.05, 0) is 54.1 Å². The number of anilines is 1. The van der Waals surface area contributed by atoms with Crippen molar-refractivity contribution in [1.82, 2.24) is 20.1 Å². The Morgan fingerprint density at radius 2 is 1.77 bits per heavy atom. The average molecular weight is 608 g/mol. The van der Waals surface area contributed by atoms with Crippen LogP contribution in [0.5, 0.6) is 11.5 Å². The van der Waals surface area contributed by atoms with Crippen LogP contribution in [0.4, 0.5) is 10.2 Å². The predicted molar refractivity (Wildman–Crippen MR) is 164 cm³/mol. The number of halogens is 1. The molecular formula is C33H26FN5O4S. The Morgan fingerprint density at radius 1 is 0.977 bits per heavy atom. The molecule has 1 N–H and O–H groups in total. The normalized spacial score (nSPS) is 15.5. The smallest absolute Gasteiger partial charge is 0.240 e. The minimum Gasteiger partial charge on any atom is -0.454 e. The maximum Gasteiger partial charge on any atom is 0.240 e. The quantitative estimate of drug-likeness (QED) is 0.269. The summed E-state index contributed by atoms with van der Waals surface area (Å²) in [5, 5.41) is 7.56. The van der Waals surface area contributed by atoms with Crippen LogP contribution in [-0.2, 0) is 16.1 Å². The van der Waals surface area contributed by atoms with Gasteiger partial charge in [0.05, 0.1) is 34.6 Å². The number of benzene rings is 3. The summed E-state index contributed by atoms with van der Waals surface area (Å²) in [4.78, 5) is 33.0. The first-order valence-corrected chi connectivity index (χ1v) is 15.0. The summed E-state index contributed by atoms with van der Waals surface area (Å²) < 4.78 is 26.9. The van der Waals surface area contributed by atoms with Gasteiger partial charge in [0.15, 0.2) is 11.5 Å². The van der Waals surface area contributed by atoms with Gasteiger partial charge in [0.25, 0.3) is 0 Å². The molecule has 0 saturated carbocycles. The first-order valence-electron chi connectivity index (χ1n) is 14.0. The molecule has 0 aliphatic carbocycles. The van der Waals surface area contributed by atoms with Crippen LogP contribution in [-0.4, -0.2) is 45.7 Å². The number of carbonyl (C=O) groups is 2. The lowest BCUT2D eigenvalue weighted by Crippen LogP contribution is -2.42. The van der Waals surface area contributed by atoms with Crippen molar-refractivity contribution in [2.75, 3.05) is 24.0 Å². The molecule has 2 aromatic heterocycles. The third kappa shape index (κ3) is 5.37. The number of amides is 2. The van der Waals surface area contributed by atoms with Crippen molar-refractivity contribution >= 4 is 29.4 Å². The highest BCUT2D eigenvalue weighted by molar-refractivity contribution is 8.00. The maximum atomic E-state index is 14.0. The van der Waals surface area contributed by atoms with Gasteiger partial charge in [0.1, 0.15) is 18.2 Å². The fraction of sp³-hybridized carbons (Fsp3) is 0.152. The average Bonchev–Trinajstić information content (AvgIpc) is 3.66. The molecule has 220 valence electrons. The van der Waals surface area contributed by atoms with Crippen molar-refractivity contribution in [3.63, 3.8) is 0 Å². The number of aromatic nitrogens is 3. The van der Waals surface area contributed by atoms with E-state index in [2.05, 4.69) is 10.3 Å². The molecule has 7 rings (SSSR count). The van der Waals surface area contributed by atoms with E-state index in [-0.39, 0.29) is 42.7 Å². The van der Waals surface area contributed by atoms with Crippen molar-refractivity contribution in [3.8, 4) is 28.4 Å². The molecule has 0 radical (unpaired) electrons. The second-order valence-corrected chi connectivity index (χ2v) is 11.3. The van der Waals surface area contributed by atoms with Crippen LogP contribution in [0, 0.1) is 5.82 Å². The SMILES string of the molecule is O=C(CN1C(=O)CS[C@@H](c2ccc3c(c2)OCO3)c2c(-c3ccccc3)nn(-c3ccc(F)cc3)c21)NCc1ccccn1. The van der Waals surface area contributed by atoms with E-state index >= 15 is 0 Å². The zero-order valence-corrected chi connectivity index (χ0v) is 24.2. The van der Waals surface area contributed by atoms with Crippen LogP contribution in [0.3, 0.4) is 0 Å². The van der Waals surface area contributed by atoms with E-state index in [1.165, 1.54) is 28.8 Å². The molecule has 9 nitrogen and oxygen atoms in total. The predicted octanol–water partition coefficient (Wildman–Crippen LogP) is 5.29. The largest absolute Gasteiger partial charge is 0.454 e. The van der Waals surface area contributed by atoms with Crippen LogP contribution < -0.4 is 19.7 Å². The molecule has 5 aromatic rings. The van der Waals surface area contributed by atoms with Gasteiger partial charge >= 0.3 is 0 Å². The lowest BCUT2D eigenvalue weighted by molar-refractivity contribution is -0.123. The van der Waals surface area contributed by atoms with E-state index in [4.69, 9.17) is 14.6 Å². The summed E-state index contributed by atoms with van der Waals surface area (Å²) in [7, 11) is 0. The number of carbonyl (C=O) groups excluding carboxylic acids is 2. The highest BCUT2D eigenvalue weighted by Gasteiger charge is 2.38. The van der Waals surface area contributed by atoms with Crippen molar-refractivity contribution in [2.24, 2.45) is 0 Å². The molecule has 0 spiro atoms. The summed E-state index contributed by atoms with van der Waals surface area (Å²) in [5.41, 5.74) is 4.38. The van der Waals surface area contributed by atoms with Crippen LogP contribution in [0.1, 0.15) is 22.1 Å². The standard InChI is InChI=1S/C33H26FN5O4S/c34-23-10-12-25(13-11-23)39-33-30(31(37-39)21-6-2-1-3-7-21)32(22-9-14-26-27(16-22)43-20-42-26)44-19-29(41)38(33)18-28(40)36-17-24-8-4-5-15-35-24/h1-16,32H,17-20H2,(H,36,40)/t32-/m0/s1. The monoisotopic (exact) mass is 607 g/mol. The summed E-state index contributed by atoms with van der Waals surface area (Å²) >= 11 is 1.45. The van der Waals surface area contributed by atoms with Gasteiger partial charge in [0.2, 0.25) is 18.6 Å². The molecule has 2 aliphatic heterocycles. The fourth-order valence-corrected chi connectivity index (χ4v) is 6.51. The Bertz CT molecular complexity index is 1830. The van der Waals surface area contributed by atoms with Crippen molar-refractivity contribution in [1.29, 1.82) is 0 Å². The van der Waals surface area contributed by atoms with Gasteiger partial charge in [-0.3, -0.25) is 19.5 Å². The summed E-state index contributed by atoms with van der Waals surface area (Å²) in [6.07, 6.45) is 1.66. The minimum absolute atomic E-state index is 0.110. The Kier molecular flexibility index (Phi) is 7.45. The number of hydrogen-bond acceptors (Lipinski definition) is 7. The molecule has 2 amide bonds. The number of pyridine rings is 1. The number of nitrogens with one attached hydrogen (secondary N) is 1. The van der Waals surface area contributed by atoms with Gasteiger partial charge < -0.3 is 14.8 Å². The van der Waals surface area contributed by atoms with Gasteiger partial charge in [-0.25, -0.2) is 9.07 Å². The summed E-state index contributed by atoms with van der Waals surface area (Å²) in [5.74, 6) is 0.828. The summed E-state index contributed by atoms with van der Waals surface area (Å²) in [6.45, 7) is 0.114. The first-order chi connectivity index (χ1) is 21.5. The fourth-order valence-electron chi connectivity index (χ4n) is 5.32. The highest BCUT2D eigenvalue weighted by atomic mass is 32.2. The minimum atomic E-state index is -0.397. The second-order valence-electron chi connectivity index (χ2n) is 10.2. The van der Waals surface area contributed by atoms with E-state index in [0.29, 0.717) is 34.4 Å². The Hall–Kier alpha value is -5.16. The van der Waals surface area contributed by atoms with Crippen LogP contribution in [0.2, 0.25) is 0 Å². The van der Waals surface area contributed by atoms with E-state index in [1.54, 1.807) is 29.1 Å². The second kappa shape index (κ2) is 11.8. The number of ether oxygens (including phenoxy) is 2. The molecule has 11 heteroatoms. The lowest BCUT2D eigenvalue weighted by Gasteiger charge is -2.23. The highest BCUT2D eigenvalue weighted by Crippen LogP contribution is 2.50. The van der Waals surface area contributed by atoms with Crippen molar-refractivity contribution in [3.05, 3.63) is 120 Å². The Labute approximate surface area is 256 Å². The third-order valence-corrected chi connectivity index (χ3v) is 8.66. The molecule has 4 heterocycles. The van der Waals surface area contributed by atoms with Gasteiger partial charge in [-0.1, -0.05) is 42.5 Å². The number of thioether (sulfide) groups is 1. The van der Waals surface area contributed by atoms with Crippen molar-refractivity contribution in [2.45, 2.75) is 11.8 Å². The lowest BCUT2D eigenvalue weighted by atomic mass is 9.99. The van der Waals surface area contributed by atoms with Gasteiger partial charge in [-0.15, -0.1) is 11.8 Å². The van der Waals surface area contributed by atoms with Crippen LogP contribution >= 0.6 is 11.8 Å². The topological polar surface area (TPSA) is 98.6 Å². The molecule has 0 bridgehead atoms. The van der Waals surface area contributed by atoms with E-state index in [1.807, 2.05) is 60.7 Å². The third-order valence-electron chi connectivity index (χ3n) is 7.40. The first kappa shape index (κ1) is 27.7. The van der Waals surface area contributed by atoms with Crippen molar-refractivity contribution < 1.29 is 23.5 Å².